The number of unbranched alkanes of at least 4 members (excludes halogenated alkanes) is 22. The molecule has 0 aromatic rings. The molecule has 0 aromatic carbocycles. The van der Waals surface area contributed by atoms with Gasteiger partial charge in [-0.25, -0.2) is 0 Å². The summed E-state index contributed by atoms with van der Waals surface area (Å²) >= 11 is 0. The lowest BCUT2D eigenvalue weighted by molar-refractivity contribution is -0.147. The molecule has 0 bridgehead atoms. The van der Waals surface area contributed by atoms with E-state index in [1.54, 1.807) is 0 Å². The van der Waals surface area contributed by atoms with E-state index in [1.807, 2.05) is 0 Å². The molecule has 0 fully saturated rings. The Hall–Kier alpha value is -2.10. The van der Waals surface area contributed by atoms with Crippen molar-refractivity contribution in [3.63, 3.8) is 0 Å². The molecular weight excluding hydrogens is 592 g/mol. The number of carboxylic acids is 1. The molecule has 0 aliphatic rings. The van der Waals surface area contributed by atoms with Gasteiger partial charge in [-0.05, 0) is 83.1 Å². The molecule has 0 aliphatic carbocycles. The summed E-state index contributed by atoms with van der Waals surface area (Å²) in [7, 11) is 0. The Bertz CT molecular complexity index is 809. The van der Waals surface area contributed by atoms with E-state index in [9.17, 15) is 9.59 Å². The van der Waals surface area contributed by atoms with Crippen molar-refractivity contribution >= 4 is 11.9 Å². The Morgan fingerprint density at radius 2 is 0.875 bits per heavy atom. The molecule has 0 aromatic heterocycles. The summed E-state index contributed by atoms with van der Waals surface area (Å²) in [5.74, 6) is -0.763. The molecule has 4 heteroatoms. The highest BCUT2D eigenvalue weighted by molar-refractivity contribution is 5.69. The van der Waals surface area contributed by atoms with Gasteiger partial charge in [0.05, 0.1) is 0 Å². The van der Waals surface area contributed by atoms with Crippen molar-refractivity contribution in [1.29, 1.82) is 0 Å². The molecule has 0 saturated carbocycles. The topological polar surface area (TPSA) is 63.6 Å². The van der Waals surface area contributed by atoms with Crippen molar-refractivity contribution in [3.8, 4) is 0 Å². The molecule has 278 valence electrons. The van der Waals surface area contributed by atoms with Gasteiger partial charge in [0.15, 0.2) is 0 Å². The van der Waals surface area contributed by atoms with Crippen LogP contribution >= 0.6 is 0 Å². The maximum atomic E-state index is 12.6. The quantitative estimate of drug-likeness (QED) is 0.0406. The Labute approximate surface area is 298 Å². The zero-order valence-corrected chi connectivity index (χ0v) is 31.8. The van der Waals surface area contributed by atoms with E-state index in [0.29, 0.717) is 6.42 Å². The van der Waals surface area contributed by atoms with Crippen LogP contribution < -0.4 is 0 Å². The predicted octanol–water partition coefficient (Wildman–Crippen LogP) is 14.3. The van der Waals surface area contributed by atoms with Gasteiger partial charge in [-0.3, -0.25) is 9.59 Å². The van der Waals surface area contributed by atoms with E-state index >= 15 is 0 Å². The van der Waals surface area contributed by atoms with Gasteiger partial charge >= 0.3 is 11.9 Å². The summed E-state index contributed by atoms with van der Waals surface area (Å²) in [6.07, 6.45) is 53.0. The Morgan fingerprint density at radius 1 is 0.479 bits per heavy atom. The summed E-state index contributed by atoms with van der Waals surface area (Å²) in [6.45, 7) is 4.50. The first kappa shape index (κ1) is 45.9. The second-order valence-corrected chi connectivity index (χ2v) is 13.8. The minimum absolute atomic E-state index is 0.0590. The maximum absolute atomic E-state index is 12.6. The van der Waals surface area contributed by atoms with Gasteiger partial charge in [-0.15, -0.1) is 0 Å². The standard InChI is InChI=1S/C44H78O4/c1-3-5-7-9-11-13-14-15-16-17-18-19-20-21-22-23-24-25-27-33-37-41-44(47)48-42(38-34-30-26-12-10-8-6-4-2)39-35-31-28-29-32-36-40-43(45)46/h12,14-15,17-18,26,34,38,42H,3-11,13,16,19-25,27-33,35-37,39-41H2,1-2H3,(H,45,46)/b15-14-,18-17-,26-12-,38-34-. The Morgan fingerprint density at radius 3 is 1.40 bits per heavy atom. The molecule has 1 unspecified atom stereocenters. The van der Waals surface area contributed by atoms with Gasteiger partial charge in [0.25, 0.3) is 0 Å². The summed E-state index contributed by atoms with van der Waals surface area (Å²) in [5, 5.41) is 8.77. The average Bonchev–Trinajstić information content (AvgIpc) is 3.07. The number of esters is 1. The van der Waals surface area contributed by atoms with Gasteiger partial charge < -0.3 is 9.84 Å². The molecule has 0 rings (SSSR count). The second kappa shape index (κ2) is 39.3. The van der Waals surface area contributed by atoms with E-state index < -0.39 is 5.97 Å². The third-order valence-electron chi connectivity index (χ3n) is 9.01. The third kappa shape index (κ3) is 38.3. The number of hydrogen-bond acceptors (Lipinski definition) is 3. The number of aliphatic carboxylic acids is 1. The SMILES string of the molecule is CCCCC/C=C\C/C=C\C(CCCCCCCCC(=O)O)OC(=O)CCCCCCCCCCC/C=C\C/C=C\CCCCCCC. The van der Waals surface area contributed by atoms with Gasteiger partial charge in [-0.1, -0.05) is 166 Å². The fourth-order valence-electron chi connectivity index (χ4n) is 5.93. The molecular formula is C44H78O4. The fraction of sp³-hybridized carbons (Fsp3) is 0.773. The lowest BCUT2D eigenvalue weighted by atomic mass is 10.0. The van der Waals surface area contributed by atoms with Crippen molar-refractivity contribution in [2.75, 3.05) is 0 Å². The van der Waals surface area contributed by atoms with Gasteiger partial charge in [-0.2, -0.15) is 0 Å². The van der Waals surface area contributed by atoms with E-state index in [4.69, 9.17) is 9.84 Å². The minimum atomic E-state index is -0.704. The third-order valence-corrected chi connectivity index (χ3v) is 9.01. The first-order valence-corrected chi connectivity index (χ1v) is 20.6. The van der Waals surface area contributed by atoms with Crippen LogP contribution in [0.25, 0.3) is 0 Å². The number of carbonyl (C=O) groups is 2. The maximum Gasteiger partial charge on any atom is 0.306 e. The summed E-state index contributed by atoms with van der Waals surface area (Å²) in [6, 6.07) is 0. The monoisotopic (exact) mass is 671 g/mol. The van der Waals surface area contributed by atoms with Crippen LogP contribution in [-0.2, 0) is 14.3 Å². The molecule has 1 atom stereocenters. The van der Waals surface area contributed by atoms with Crippen LogP contribution in [0.1, 0.15) is 213 Å². The molecule has 48 heavy (non-hydrogen) atoms. The van der Waals surface area contributed by atoms with Crippen LogP contribution in [0.5, 0.6) is 0 Å². The molecule has 0 saturated heterocycles. The van der Waals surface area contributed by atoms with Crippen molar-refractivity contribution in [3.05, 3.63) is 48.6 Å². The van der Waals surface area contributed by atoms with Crippen LogP contribution in [0.2, 0.25) is 0 Å². The lowest BCUT2D eigenvalue weighted by Crippen LogP contribution is -2.16. The first-order valence-electron chi connectivity index (χ1n) is 20.6. The van der Waals surface area contributed by atoms with E-state index in [1.165, 1.54) is 109 Å². The second-order valence-electron chi connectivity index (χ2n) is 13.8. The van der Waals surface area contributed by atoms with E-state index in [2.05, 4.69) is 62.5 Å². The van der Waals surface area contributed by atoms with Crippen molar-refractivity contribution in [1.82, 2.24) is 0 Å². The lowest BCUT2D eigenvalue weighted by Gasteiger charge is -2.14. The molecule has 4 nitrogen and oxygen atoms in total. The summed E-state index contributed by atoms with van der Waals surface area (Å²) in [5.41, 5.74) is 0. The van der Waals surface area contributed by atoms with Crippen LogP contribution in [0, 0.1) is 0 Å². The van der Waals surface area contributed by atoms with Crippen LogP contribution in [0.3, 0.4) is 0 Å². The first-order chi connectivity index (χ1) is 23.6. The zero-order chi connectivity index (χ0) is 35.0. The molecule has 1 N–H and O–H groups in total. The van der Waals surface area contributed by atoms with Crippen molar-refractivity contribution in [2.45, 2.75) is 219 Å². The normalized spacial score (nSPS) is 12.7. The summed E-state index contributed by atoms with van der Waals surface area (Å²) < 4.78 is 5.90. The Kier molecular flexibility index (Phi) is 37.6. The fourth-order valence-corrected chi connectivity index (χ4v) is 5.93. The Balaban J connectivity index is 3.96. The zero-order valence-electron chi connectivity index (χ0n) is 31.8. The number of ether oxygens (including phenoxy) is 1. The number of allylic oxidation sites excluding steroid dienone is 7. The highest BCUT2D eigenvalue weighted by Gasteiger charge is 2.11. The highest BCUT2D eigenvalue weighted by Crippen LogP contribution is 2.16. The molecule has 0 heterocycles. The van der Waals surface area contributed by atoms with E-state index in [-0.39, 0.29) is 18.5 Å². The molecule has 0 amide bonds. The van der Waals surface area contributed by atoms with Gasteiger partial charge in [0.2, 0.25) is 0 Å². The predicted molar refractivity (Wildman–Crippen MR) is 209 cm³/mol. The van der Waals surface area contributed by atoms with Crippen molar-refractivity contribution in [2.24, 2.45) is 0 Å². The molecule has 0 spiro atoms. The average molecular weight is 671 g/mol. The largest absolute Gasteiger partial charge is 0.481 e. The molecule has 0 aliphatic heterocycles. The summed E-state index contributed by atoms with van der Waals surface area (Å²) in [4.78, 5) is 23.3. The number of carboxylic acid groups (broad SMARTS) is 1. The van der Waals surface area contributed by atoms with Crippen molar-refractivity contribution < 1.29 is 19.4 Å². The van der Waals surface area contributed by atoms with Gasteiger partial charge in [0, 0.05) is 12.8 Å². The van der Waals surface area contributed by atoms with Crippen LogP contribution in [0.15, 0.2) is 48.6 Å². The van der Waals surface area contributed by atoms with Crippen LogP contribution in [0.4, 0.5) is 0 Å². The highest BCUT2D eigenvalue weighted by atomic mass is 16.5. The van der Waals surface area contributed by atoms with Gasteiger partial charge in [0.1, 0.15) is 6.10 Å². The smallest absolute Gasteiger partial charge is 0.306 e. The molecule has 0 radical (unpaired) electrons. The number of rotatable bonds is 37. The number of carbonyl (C=O) groups excluding carboxylic acids is 1. The minimum Gasteiger partial charge on any atom is -0.481 e. The van der Waals surface area contributed by atoms with Crippen LogP contribution in [-0.4, -0.2) is 23.1 Å². The number of hydrogen-bond donors (Lipinski definition) is 1. The van der Waals surface area contributed by atoms with E-state index in [0.717, 1.165) is 77.0 Å².